The number of nitrogens with zero attached hydrogens (tertiary/aromatic N) is 2. The number of unbranched alkanes of at least 4 members (excludes halogenated alkanes) is 1. The maximum Gasteiger partial charge on any atom is 0.254 e. The van der Waals surface area contributed by atoms with Crippen molar-refractivity contribution < 1.29 is 14.3 Å². The molecule has 31 heavy (non-hydrogen) atoms. The fraction of sp³-hybridized carbons (Fsp3) is 0.667. The summed E-state index contributed by atoms with van der Waals surface area (Å²) in [5.74, 6) is -0.222. The first-order valence-corrected chi connectivity index (χ1v) is 11.8. The number of amides is 2. The smallest absolute Gasteiger partial charge is 0.254 e. The molecule has 2 amide bonds. The quantitative estimate of drug-likeness (QED) is 0.417. The van der Waals surface area contributed by atoms with Crippen LogP contribution >= 0.6 is 11.6 Å². The number of halogens is 1. The molecule has 0 fully saturated rings. The third kappa shape index (κ3) is 5.99. The van der Waals surface area contributed by atoms with Gasteiger partial charge in [-0.2, -0.15) is 0 Å². The molecule has 6 nitrogen and oxygen atoms in total. The molecule has 1 unspecified atom stereocenters. The first-order chi connectivity index (χ1) is 14.7. The van der Waals surface area contributed by atoms with Crippen molar-refractivity contribution >= 4 is 29.1 Å². The summed E-state index contributed by atoms with van der Waals surface area (Å²) in [6.45, 7) is 13.3. The number of fused-ring (bicyclic) bond motifs is 1. The average Bonchev–Trinajstić information content (AvgIpc) is 2.95. The van der Waals surface area contributed by atoms with Crippen molar-refractivity contribution in [2.45, 2.75) is 77.8 Å². The van der Waals surface area contributed by atoms with Gasteiger partial charge in [-0.25, -0.2) is 0 Å². The van der Waals surface area contributed by atoms with Gasteiger partial charge in [0.25, 0.3) is 11.8 Å². The van der Waals surface area contributed by atoms with Crippen molar-refractivity contribution in [3.8, 4) is 0 Å². The van der Waals surface area contributed by atoms with Crippen LogP contribution in [0.4, 0.5) is 5.69 Å². The highest BCUT2D eigenvalue weighted by molar-refractivity contribution is 6.39. The van der Waals surface area contributed by atoms with Crippen molar-refractivity contribution in [1.82, 2.24) is 4.90 Å². The molecular weight excluding hydrogens is 414 g/mol. The maximum absolute atomic E-state index is 13.3. The fourth-order valence-corrected chi connectivity index (χ4v) is 4.21. The number of carbonyl (C=O) groups excluding carboxylic acids is 2. The van der Waals surface area contributed by atoms with Gasteiger partial charge in [0.1, 0.15) is 4.87 Å². The predicted molar refractivity (Wildman–Crippen MR) is 129 cm³/mol. The molecule has 1 aliphatic rings. The SMILES string of the molecule is CC.CC[C@H](CN)N(C(=O)c1ccc2c(c1)N(CCCCOC)C(=O)C2(C)Cl)C(C)C. The zero-order valence-electron chi connectivity index (χ0n) is 20.2. The van der Waals surface area contributed by atoms with E-state index in [1.54, 1.807) is 31.1 Å². The van der Waals surface area contributed by atoms with Crippen LogP contribution in [0, 0.1) is 0 Å². The lowest BCUT2D eigenvalue weighted by Crippen LogP contribution is -2.48. The van der Waals surface area contributed by atoms with E-state index in [4.69, 9.17) is 22.1 Å². The molecule has 176 valence electrons. The Kier molecular flexibility index (Phi) is 11.0. The Morgan fingerprint density at radius 2 is 1.94 bits per heavy atom. The normalized spacial score (nSPS) is 18.5. The summed E-state index contributed by atoms with van der Waals surface area (Å²) >= 11 is 6.60. The molecule has 2 atom stereocenters. The van der Waals surface area contributed by atoms with Gasteiger partial charge in [0.2, 0.25) is 0 Å². The Bertz CT molecular complexity index is 733. The third-order valence-electron chi connectivity index (χ3n) is 5.60. The number of hydrogen-bond acceptors (Lipinski definition) is 4. The predicted octanol–water partition coefficient (Wildman–Crippen LogP) is 4.53. The first-order valence-electron chi connectivity index (χ1n) is 11.4. The second kappa shape index (κ2) is 12.4. The molecule has 2 rings (SSSR count). The molecule has 0 aliphatic carbocycles. The van der Waals surface area contributed by atoms with E-state index in [1.807, 2.05) is 45.6 Å². The molecule has 0 spiro atoms. The standard InChI is InChI=1S/C22H34ClN3O3.C2H6/c1-6-17(14-24)26(15(2)3)20(27)16-9-10-18-19(13-16)25(11-7-8-12-29-5)21(28)22(18,4)23;1-2/h9-10,13,15,17H,6-8,11-12,14,24H2,1-5H3;1-2H3/t17-,22?;/m1./s1. The Morgan fingerprint density at radius 3 is 2.45 bits per heavy atom. The molecular formula is C24H40ClN3O3. The number of carbonyl (C=O) groups is 2. The number of nitrogens with two attached hydrogens (primary N) is 1. The molecule has 0 bridgehead atoms. The summed E-state index contributed by atoms with van der Waals surface area (Å²) in [5.41, 5.74) is 7.93. The van der Waals surface area contributed by atoms with E-state index in [9.17, 15) is 9.59 Å². The van der Waals surface area contributed by atoms with Gasteiger partial charge in [-0.05, 0) is 52.2 Å². The highest BCUT2D eigenvalue weighted by Gasteiger charge is 2.46. The summed E-state index contributed by atoms with van der Waals surface area (Å²) in [6.07, 6.45) is 2.44. The van der Waals surface area contributed by atoms with Crippen LogP contribution in [0.3, 0.4) is 0 Å². The van der Waals surface area contributed by atoms with Crippen LogP contribution in [0.5, 0.6) is 0 Å². The lowest BCUT2D eigenvalue weighted by Gasteiger charge is -2.34. The monoisotopic (exact) mass is 453 g/mol. The van der Waals surface area contributed by atoms with Gasteiger partial charge < -0.3 is 20.3 Å². The number of ether oxygens (including phenoxy) is 1. The highest BCUT2D eigenvalue weighted by atomic mass is 35.5. The Labute approximate surface area is 193 Å². The van der Waals surface area contributed by atoms with E-state index in [2.05, 4.69) is 0 Å². The second-order valence-electron chi connectivity index (χ2n) is 8.00. The first kappa shape index (κ1) is 27.4. The fourth-order valence-electron chi connectivity index (χ4n) is 3.95. The van der Waals surface area contributed by atoms with Gasteiger partial charge in [-0.1, -0.05) is 26.8 Å². The Morgan fingerprint density at radius 1 is 1.29 bits per heavy atom. The molecule has 0 saturated heterocycles. The second-order valence-corrected chi connectivity index (χ2v) is 8.75. The van der Waals surface area contributed by atoms with E-state index in [0.29, 0.717) is 25.3 Å². The summed E-state index contributed by atoms with van der Waals surface area (Å²) in [6, 6.07) is 5.38. The Hall–Kier alpha value is -1.63. The molecule has 0 saturated carbocycles. The Balaban J connectivity index is 0.00000233. The topological polar surface area (TPSA) is 75.9 Å². The van der Waals surface area contributed by atoms with Gasteiger partial charge in [0.05, 0.1) is 0 Å². The van der Waals surface area contributed by atoms with Crippen LogP contribution in [0.25, 0.3) is 0 Å². The lowest BCUT2D eigenvalue weighted by atomic mass is 9.99. The van der Waals surface area contributed by atoms with Crippen LogP contribution < -0.4 is 10.6 Å². The summed E-state index contributed by atoms with van der Waals surface area (Å²) < 4.78 is 5.10. The van der Waals surface area contributed by atoms with Crippen molar-refractivity contribution in [2.75, 3.05) is 31.7 Å². The van der Waals surface area contributed by atoms with Crippen LogP contribution in [-0.4, -0.2) is 55.6 Å². The number of alkyl halides is 1. The molecule has 1 heterocycles. The molecule has 0 aromatic heterocycles. The molecule has 1 aliphatic heterocycles. The van der Waals surface area contributed by atoms with Gasteiger partial charge in [0, 0.05) is 55.7 Å². The van der Waals surface area contributed by atoms with Crippen LogP contribution in [0.15, 0.2) is 18.2 Å². The number of methoxy groups -OCH3 is 1. The minimum absolute atomic E-state index is 0.0225. The van der Waals surface area contributed by atoms with E-state index >= 15 is 0 Å². The van der Waals surface area contributed by atoms with E-state index in [0.717, 1.165) is 30.5 Å². The van der Waals surface area contributed by atoms with Crippen LogP contribution in [-0.2, 0) is 14.4 Å². The highest BCUT2D eigenvalue weighted by Crippen LogP contribution is 2.45. The zero-order chi connectivity index (χ0) is 23.8. The zero-order valence-corrected chi connectivity index (χ0v) is 21.0. The summed E-state index contributed by atoms with van der Waals surface area (Å²) in [7, 11) is 1.66. The van der Waals surface area contributed by atoms with E-state index in [1.165, 1.54) is 0 Å². The van der Waals surface area contributed by atoms with E-state index in [-0.39, 0.29) is 23.9 Å². The third-order valence-corrected chi connectivity index (χ3v) is 5.96. The molecule has 0 radical (unpaired) electrons. The molecule has 1 aromatic rings. The number of anilines is 1. The van der Waals surface area contributed by atoms with Crippen molar-refractivity contribution in [2.24, 2.45) is 5.73 Å². The maximum atomic E-state index is 13.3. The molecule has 7 heteroatoms. The van der Waals surface area contributed by atoms with Crippen LogP contribution in [0.2, 0.25) is 0 Å². The molecule has 2 N–H and O–H groups in total. The van der Waals surface area contributed by atoms with Crippen molar-refractivity contribution in [3.63, 3.8) is 0 Å². The summed E-state index contributed by atoms with van der Waals surface area (Å²) in [5, 5.41) is 0. The van der Waals surface area contributed by atoms with Crippen molar-refractivity contribution in [3.05, 3.63) is 29.3 Å². The number of rotatable bonds is 10. The number of benzene rings is 1. The minimum atomic E-state index is -1.11. The number of hydrogen-bond donors (Lipinski definition) is 1. The van der Waals surface area contributed by atoms with Gasteiger partial charge in [-0.15, -0.1) is 11.6 Å². The average molecular weight is 454 g/mol. The van der Waals surface area contributed by atoms with Gasteiger partial charge in [-0.3, -0.25) is 9.59 Å². The lowest BCUT2D eigenvalue weighted by molar-refractivity contribution is -0.120. The van der Waals surface area contributed by atoms with Gasteiger partial charge >= 0.3 is 0 Å². The molecule has 1 aromatic carbocycles. The van der Waals surface area contributed by atoms with E-state index < -0.39 is 4.87 Å². The minimum Gasteiger partial charge on any atom is -0.385 e. The van der Waals surface area contributed by atoms with Crippen molar-refractivity contribution in [1.29, 1.82) is 0 Å². The van der Waals surface area contributed by atoms with Crippen LogP contribution in [0.1, 0.15) is 76.7 Å². The van der Waals surface area contributed by atoms with Gasteiger partial charge in [0.15, 0.2) is 0 Å². The largest absolute Gasteiger partial charge is 0.385 e. The summed E-state index contributed by atoms with van der Waals surface area (Å²) in [4.78, 5) is 28.7.